The number of amides is 2. The number of esters is 1. The lowest BCUT2D eigenvalue weighted by atomic mass is 10.0. The molecular weight excluding hydrogens is 413 g/mol. The van der Waals surface area contributed by atoms with Crippen molar-refractivity contribution in [2.75, 3.05) is 5.32 Å². The zero-order valence-corrected chi connectivity index (χ0v) is 18.1. The van der Waals surface area contributed by atoms with Gasteiger partial charge in [0.15, 0.2) is 0 Å². The zero-order valence-electron chi connectivity index (χ0n) is 18.1. The molecule has 0 fully saturated rings. The maximum absolute atomic E-state index is 12.7. The number of imidazole rings is 1. The van der Waals surface area contributed by atoms with Crippen LogP contribution in [-0.4, -0.2) is 27.2 Å². The highest BCUT2D eigenvalue weighted by atomic mass is 19.4. The van der Waals surface area contributed by atoms with Gasteiger partial charge in [-0.3, -0.25) is 4.79 Å². The van der Waals surface area contributed by atoms with E-state index in [-0.39, 0.29) is 18.2 Å². The number of nitrogens with zero attached hydrogens (tertiary/aromatic N) is 2. The summed E-state index contributed by atoms with van der Waals surface area (Å²) in [6, 6.07) is 2.98. The summed E-state index contributed by atoms with van der Waals surface area (Å²) in [5.74, 6) is -0.0648. The summed E-state index contributed by atoms with van der Waals surface area (Å²) in [5, 5.41) is 5.28. The number of hydrogen-bond acceptors (Lipinski definition) is 4. The molecule has 170 valence electrons. The highest BCUT2D eigenvalue weighted by molar-refractivity contribution is 5.89. The van der Waals surface area contributed by atoms with Crippen molar-refractivity contribution in [1.82, 2.24) is 14.9 Å². The number of halogens is 3. The SMILES string of the molecule is CC(C)[C@H](NC(=O)Nc1ccc(C(F)(F)F)cc1)c1nccn1CC(=O)OC(C)(C)C. The zero-order chi connectivity index (χ0) is 23.4. The van der Waals surface area contributed by atoms with Crippen molar-refractivity contribution in [2.24, 2.45) is 5.92 Å². The van der Waals surface area contributed by atoms with Crippen molar-refractivity contribution < 1.29 is 27.5 Å². The van der Waals surface area contributed by atoms with Gasteiger partial charge in [0, 0.05) is 18.1 Å². The van der Waals surface area contributed by atoms with Crippen LogP contribution in [-0.2, 0) is 22.3 Å². The van der Waals surface area contributed by atoms with Gasteiger partial charge in [-0.1, -0.05) is 13.8 Å². The second-order valence-corrected chi connectivity index (χ2v) is 8.40. The molecule has 2 amide bonds. The molecule has 2 N–H and O–H groups in total. The Morgan fingerprint density at radius 2 is 1.74 bits per heavy atom. The number of nitrogens with one attached hydrogen (secondary N) is 2. The van der Waals surface area contributed by atoms with Crippen LogP contribution in [0.4, 0.5) is 23.7 Å². The third-order valence-electron chi connectivity index (χ3n) is 4.17. The summed E-state index contributed by atoms with van der Waals surface area (Å²) >= 11 is 0. The lowest BCUT2D eigenvalue weighted by molar-refractivity contribution is -0.155. The van der Waals surface area contributed by atoms with Crippen molar-refractivity contribution in [2.45, 2.75) is 59.0 Å². The highest BCUT2D eigenvalue weighted by Crippen LogP contribution is 2.30. The molecule has 0 aliphatic heterocycles. The summed E-state index contributed by atoms with van der Waals surface area (Å²) < 4.78 is 45.0. The number of carbonyl (C=O) groups excluding carboxylic acids is 2. The molecule has 0 unspecified atom stereocenters. The van der Waals surface area contributed by atoms with E-state index < -0.39 is 35.4 Å². The van der Waals surface area contributed by atoms with E-state index >= 15 is 0 Å². The molecule has 0 aliphatic carbocycles. The molecule has 2 rings (SSSR count). The standard InChI is InChI=1S/C21H27F3N4O3/c1-13(2)17(18-25-10-11-28(18)12-16(29)31-20(3,4)5)27-19(30)26-15-8-6-14(7-9-15)21(22,23)24/h6-11,13,17H,12H2,1-5H3,(H2,26,27,30)/t17-/m0/s1. The monoisotopic (exact) mass is 440 g/mol. The predicted molar refractivity (Wildman–Crippen MR) is 109 cm³/mol. The van der Waals surface area contributed by atoms with Crippen LogP contribution in [0, 0.1) is 5.92 Å². The van der Waals surface area contributed by atoms with Crippen molar-refractivity contribution in [3.63, 3.8) is 0 Å². The summed E-state index contributed by atoms with van der Waals surface area (Å²) in [7, 11) is 0. The minimum atomic E-state index is -4.45. The normalized spacial score (nSPS) is 13.1. The van der Waals surface area contributed by atoms with E-state index in [2.05, 4.69) is 15.6 Å². The predicted octanol–water partition coefficient (Wildman–Crippen LogP) is 4.76. The van der Waals surface area contributed by atoms with Gasteiger partial charge in [-0.25, -0.2) is 9.78 Å². The van der Waals surface area contributed by atoms with Crippen LogP contribution in [0.2, 0.25) is 0 Å². The molecule has 7 nitrogen and oxygen atoms in total. The number of aromatic nitrogens is 2. The molecule has 1 aromatic carbocycles. The van der Waals surface area contributed by atoms with Crippen LogP contribution >= 0.6 is 0 Å². The number of benzene rings is 1. The van der Waals surface area contributed by atoms with Crippen molar-refractivity contribution in [3.05, 3.63) is 48.0 Å². The van der Waals surface area contributed by atoms with Gasteiger partial charge in [-0.2, -0.15) is 13.2 Å². The van der Waals surface area contributed by atoms with Crippen molar-refractivity contribution >= 4 is 17.7 Å². The van der Waals surface area contributed by atoms with Gasteiger partial charge in [0.05, 0.1) is 11.6 Å². The van der Waals surface area contributed by atoms with E-state index in [4.69, 9.17) is 4.74 Å². The third-order valence-corrected chi connectivity index (χ3v) is 4.17. The van der Waals surface area contributed by atoms with Crippen molar-refractivity contribution in [1.29, 1.82) is 0 Å². The Labute approximate surface area is 179 Å². The molecule has 0 saturated heterocycles. The van der Waals surface area contributed by atoms with Crippen LogP contribution < -0.4 is 10.6 Å². The van der Waals surface area contributed by atoms with Gasteiger partial charge < -0.3 is 19.9 Å². The molecular formula is C21H27F3N4O3. The minimum Gasteiger partial charge on any atom is -0.459 e. The number of urea groups is 1. The molecule has 2 aromatic rings. The average Bonchev–Trinajstić information content (AvgIpc) is 3.05. The molecule has 31 heavy (non-hydrogen) atoms. The van der Waals surface area contributed by atoms with Crippen LogP contribution in [0.15, 0.2) is 36.7 Å². The Kier molecular flexibility index (Phi) is 7.35. The van der Waals surface area contributed by atoms with E-state index in [0.717, 1.165) is 12.1 Å². The van der Waals surface area contributed by atoms with Gasteiger partial charge in [0.1, 0.15) is 18.0 Å². The second kappa shape index (κ2) is 9.40. The number of anilines is 1. The largest absolute Gasteiger partial charge is 0.459 e. The lowest BCUT2D eigenvalue weighted by Gasteiger charge is -2.24. The van der Waals surface area contributed by atoms with Crippen LogP contribution in [0.5, 0.6) is 0 Å². The van der Waals surface area contributed by atoms with Gasteiger partial charge in [0.25, 0.3) is 0 Å². The quantitative estimate of drug-likeness (QED) is 0.634. The van der Waals surface area contributed by atoms with E-state index in [1.165, 1.54) is 18.3 Å². The first-order chi connectivity index (χ1) is 14.3. The summed E-state index contributed by atoms with van der Waals surface area (Å²) in [6.45, 7) is 8.97. The number of hydrogen-bond donors (Lipinski definition) is 2. The van der Waals surface area contributed by atoms with Crippen LogP contribution in [0.25, 0.3) is 0 Å². The van der Waals surface area contributed by atoms with E-state index in [1.807, 2.05) is 13.8 Å². The third kappa shape index (κ3) is 7.30. The Hall–Kier alpha value is -3.04. The molecule has 0 spiro atoms. The van der Waals surface area contributed by atoms with Crippen LogP contribution in [0.1, 0.15) is 52.0 Å². The first kappa shape index (κ1) is 24.2. The topological polar surface area (TPSA) is 85.3 Å². The van der Waals surface area contributed by atoms with Gasteiger partial charge in [-0.15, -0.1) is 0 Å². The van der Waals surface area contributed by atoms with Crippen molar-refractivity contribution in [3.8, 4) is 0 Å². The molecule has 1 heterocycles. The fourth-order valence-corrected chi connectivity index (χ4v) is 2.83. The molecule has 10 heteroatoms. The Morgan fingerprint density at radius 1 is 1.13 bits per heavy atom. The van der Waals surface area contributed by atoms with Gasteiger partial charge in [0.2, 0.25) is 0 Å². The summed E-state index contributed by atoms with van der Waals surface area (Å²) in [5.41, 5.74) is -1.22. The number of carbonyl (C=O) groups is 2. The first-order valence-electron chi connectivity index (χ1n) is 9.74. The summed E-state index contributed by atoms with van der Waals surface area (Å²) in [6.07, 6.45) is -1.32. The maximum atomic E-state index is 12.7. The lowest BCUT2D eigenvalue weighted by Crippen LogP contribution is -2.37. The number of rotatable bonds is 6. The molecule has 0 bridgehead atoms. The maximum Gasteiger partial charge on any atom is 0.416 e. The number of alkyl halides is 3. The Balaban J connectivity index is 2.09. The number of ether oxygens (including phenoxy) is 1. The van der Waals surface area contributed by atoms with E-state index in [1.54, 1.807) is 31.5 Å². The molecule has 0 aliphatic rings. The second-order valence-electron chi connectivity index (χ2n) is 8.40. The molecule has 1 aromatic heterocycles. The fourth-order valence-electron chi connectivity index (χ4n) is 2.83. The van der Waals surface area contributed by atoms with Crippen LogP contribution in [0.3, 0.4) is 0 Å². The van der Waals surface area contributed by atoms with Gasteiger partial charge >= 0.3 is 18.2 Å². The Morgan fingerprint density at radius 3 is 2.26 bits per heavy atom. The first-order valence-corrected chi connectivity index (χ1v) is 9.74. The molecule has 0 saturated carbocycles. The van der Waals surface area contributed by atoms with Gasteiger partial charge in [-0.05, 0) is 51.0 Å². The van der Waals surface area contributed by atoms with E-state index in [9.17, 15) is 22.8 Å². The smallest absolute Gasteiger partial charge is 0.416 e. The fraction of sp³-hybridized carbons (Fsp3) is 0.476. The molecule has 1 atom stereocenters. The minimum absolute atomic E-state index is 0.0714. The summed E-state index contributed by atoms with van der Waals surface area (Å²) in [4.78, 5) is 28.9. The Bertz CT molecular complexity index is 900. The highest BCUT2D eigenvalue weighted by Gasteiger charge is 2.30. The molecule has 0 radical (unpaired) electrons. The van der Waals surface area contributed by atoms with E-state index in [0.29, 0.717) is 5.82 Å². The average molecular weight is 440 g/mol.